The molecule has 21 heavy (non-hydrogen) atoms. The number of nitrogens with zero attached hydrogens (tertiary/aromatic N) is 1. The molecule has 0 radical (unpaired) electrons. The second kappa shape index (κ2) is 8.10. The average Bonchev–Trinajstić information content (AvgIpc) is 2.47. The van der Waals surface area contributed by atoms with E-state index in [2.05, 4.69) is 22.5 Å². The molecule has 0 spiro atoms. The van der Waals surface area contributed by atoms with Gasteiger partial charge in [-0.05, 0) is 44.1 Å². The van der Waals surface area contributed by atoms with Gasteiger partial charge in [0.25, 0.3) is 0 Å². The number of benzene rings is 1. The fourth-order valence-corrected chi connectivity index (χ4v) is 2.67. The van der Waals surface area contributed by atoms with Crippen LogP contribution >= 0.6 is 0 Å². The molecule has 1 heterocycles. The summed E-state index contributed by atoms with van der Waals surface area (Å²) in [4.78, 5) is 14.2. The van der Waals surface area contributed by atoms with Crippen molar-refractivity contribution in [1.82, 2.24) is 10.2 Å². The van der Waals surface area contributed by atoms with E-state index < -0.39 is 0 Å². The van der Waals surface area contributed by atoms with E-state index in [1.165, 1.54) is 31.4 Å². The van der Waals surface area contributed by atoms with Crippen molar-refractivity contribution in [3.8, 4) is 0 Å². The first-order valence-corrected chi connectivity index (χ1v) is 7.68. The Balaban J connectivity index is 1.81. The highest BCUT2D eigenvalue weighted by Gasteiger charge is 2.17. The van der Waals surface area contributed by atoms with Gasteiger partial charge in [-0.25, -0.2) is 4.39 Å². The zero-order chi connectivity index (χ0) is 15.1. The first kappa shape index (κ1) is 15.9. The molecule has 1 aromatic rings. The summed E-state index contributed by atoms with van der Waals surface area (Å²) in [5.41, 5.74) is 0.506. The molecule has 1 atom stereocenters. The lowest BCUT2D eigenvalue weighted by Crippen LogP contribution is -2.45. The molecule has 1 aliphatic rings. The molecule has 1 saturated heterocycles. The van der Waals surface area contributed by atoms with Crippen LogP contribution < -0.4 is 10.6 Å². The van der Waals surface area contributed by atoms with Crippen LogP contribution in [0.1, 0.15) is 26.2 Å². The van der Waals surface area contributed by atoms with Crippen molar-refractivity contribution in [3.05, 3.63) is 30.1 Å². The lowest BCUT2D eigenvalue weighted by molar-refractivity contribution is -0.117. The van der Waals surface area contributed by atoms with Crippen molar-refractivity contribution in [1.29, 1.82) is 0 Å². The molecule has 1 fully saturated rings. The van der Waals surface area contributed by atoms with Crippen molar-refractivity contribution >= 4 is 11.6 Å². The van der Waals surface area contributed by atoms with Crippen molar-refractivity contribution in [2.45, 2.75) is 32.2 Å². The Morgan fingerprint density at radius 1 is 1.48 bits per heavy atom. The summed E-state index contributed by atoms with van der Waals surface area (Å²) in [6, 6.07) is 6.45. The second-order valence-corrected chi connectivity index (χ2v) is 5.53. The molecule has 116 valence electrons. The first-order valence-electron chi connectivity index (χ1n) is 7.68. The molecule has 0 aliphatic carbocycles. The van der Waals surface area contributed by atoms with Crippen LogP contribution in [0.25, 0.3) is 0 Å². The highest BCUT2D eigenvalue weighted by Crippen LogP contribution is 2.10. The van der Waals surface area contributed by atoms with E-state index in [1.807, 2.05) is 0 Å². The number of nitrogens with one attached hydrogen (secondary N) is 2. The first-order chi connectivity index (χ1) is 10.2. The molecule has 0 bridgehead atoms. The molecule has 1 amide bonds. The van der Waals surface area contributed by atoms with Crippen LogP contribution in [-0.4, -0.2) is 43.0 Å². The predicted molar refractivity (Wildman–Crippen MR) is 82.8 cm³/mol. The quantitative estimate of drug-likeness (QED) is 0.845. The van der Waals surface area contributed by atoms with Crippen LogP contribution in [0.15, 0.2) is 24.3 Å². The molecular formula is C16H24FN3O. The molecule has 5 heteroatoms. The van der Waals surface area contributed by atoms with Gasteiger partial charge >= 0.3 is 0 Å². The summed E-state index contributed by atoms with van der Waals surface area (Å²) in [6.45, 7) is 5.17. The molecule has 1 unspecified atom stereocenters. The predicted octanol–water partition coefficient (Wildman–Crippen LogP) is 2.23. The van der Waals surface area contributed by atoms with Crippen LogP contribution in [0.2, 0.25) is 0 Å². The van der Waals surface area contributed by atoms with E-state index in [1.54, 1.807) is 12.1 Å². The standard InChI is InChI=1S/C16H24FN3O/c1-2-20(11-15-7-3-4-9-18-15)12-16(21)19-14-8-5-6-13(17)10-14/h5-6,8,10,15,18H,2-4,7,9,11-12H2,1H3,(H,19,21). The van der Waals surface area contributed by atoms with E-state index in [4.69, 9.17) is 0 Å². The van der Waals surface area contributed by atoms with Crippen LogP contribution in [0.5, 0.6) is 0 Å². The monoisotopic (exact) mass is 293 g/mol. The Bertz CT molecular complexity index is 461. The van der Waals surface area contributed by atoms with Gasteiger partial charge in [-0.2, -0.15) is 0 Å². The van der Waals surface area contributed by atoms with Gasteiger partial charge in [0.2, 0.25) is 5.91 Å². The van der Waals surface area contributed by atoms with Crippen molar-refractivity contribution in [3.63, 3.8) is 0 Å². The van der Waals surface area contributed by atoms with Crippen molar-refractivity contribution in [2.24, 2.45) is 0 Å². The summed E-state index contributed by atoms with van der Waals surface area (Å²) in [5.74, 6) is -0.440. The zero-order valence-electron chi connectivity index (χ0n) is 12.6. The Labute approximate surface area is 125 Å². The van der Waals surface area contributed by atoms with Gasteiger partial charge < -0.3 is 10.6 Å². The van der Waals surface area contributed by atoms with Gasteiger partial charge in [0.05, 0.1) is 6.54 Å². The van der Waals surface area contributed by atoms with E-state index in [0.29, 0.717) is 18.3 Å². The number of piperidine rings is 1. The van der Waals surface area contributed by atoms with Crippen molar-refractivity contribution < 1.29 is 9.18 Å². The zero-order valence-corrected chi connectivity index (χ0v) is 12.6. The normalized spacial score (nSPS) is 18.7. The van der Waals surface area contributed by atoms with E-state index in [0.717, 1.165) is 19.6 Å². The van der Waals surface area contributed by atoms with Crippen LogP contribution in [-0.2, 0) is 4.79 Å². The van der Waals surface area contributed by atoms with Crippen LogP contribution in [0.4, 0.5) is 10.1 Å². The molecule has 2 rings (SSSR count). The second-order valence-electron chi connectivity index (χ2n) is 5.53. The Hall–Kier alpha value is -1.46. The molecule has 1 aliphatic heterocycles. The Kier molecular flexibility index (Phi) is 6.14. The third-order valence-corrected chi connectivity index (χ3v) is 3.81. The van der Waals surface area contributed by atoms with E-state index >= 15 is 0 Å². The summed E-state index contributed by atoms with van der Waals surface area (Å²) >= 11 is 0. The Morgan fingerprint density at radius 2 is 2.33 bits per heavy atom. The maximum absolute atomic E-state index is 13.1. The fourth-order valence-electron chi connectivity index (χ4n) is 2.67. The molecule has 1 aromatic carbocycles. The van der Waals surface area contributed by atoms with E-state index in [-0.39, 0.29) is 11.7 Å². The van der Waals surface area contributed by atoms with Gasteiger partial charge in [0.1, 0.15) is 5.82 Å². The number of carbonyl (C=O) groups excluding carboxylic acids is 1. The van der Waals surface area contributed by atoms with Gasteiger partial charge in [-0.1, -0.05) is 19.4 Å². The molecule has 2 N–H and O–H groups in total. The highest BCUT2D eigenvalue weighted by molar-refractivity contribution is 5.92. The summed E-state index contributed by atoms with van der Waals surface area (Å²) in [6.07, 6.45) is 3.66. The number of carbonyl (C=O) groups is 1. The van der Waals surface area contributed by atoms with Gasteiger partial charge in [0, 0.05) is 18.3 Å². The number of hydrogen-bond acceptors (Lipinski definition) is 3. The summed E-state index contributed by atoms with van der Waals surface area (Å²) < 4.78 is 13.1. The lowest BCUT2D eigenvalue weighted by atomic mass is 10.0. The average molecular weight is 293 g/mol. The molecule has 0 saturated carbocycles. The summed E-state index contributed by atoms with van der Waals surface area (Å²) in [5, 5.41) is 6.24. The topological polar surface area (TPSA) is 44.4 Å². The number of rotatable bonds is 6. The minimum absolute atomic E-state index is 0.0988. The number of amides is 1. The van der Waals surface area contributed by atoms with Crippen LogP contribution in [0, 0.1) is 5.82 Å². The smallest absolute Gasteiger partial charge is 0.238 e. The van der Waals surface area contributed by atoms with Crippen LogP contribution in [0.3, 0.4) is 0 Å². The minimum Gasteiger partial charge on any atom is -0.325 e. The van der Waals surface area contributed by atoms with Gasteiger partial charge in [0.15, 0.2) is 0 Å². The fraction of sp³-hybridized carbons (Fsp3) is 0.562. The van der Waals surface area contributed by atoms with Crippen molar-refractivity contribution in [2.75, 3.05) is 31.5 Å². The number of anilines is 1. The Morgan fingerprint density at radius 3 is 3.00 bits per heavy atom. The van der Waals surface area contributed by atoms with Gasteiger partial charge in [-0.15, -0.1) is 0 Å². The molecule has 4 nitrogen and oxygen atoms in total. The lowest BCUT2D eigenvalue weighted by Gasteiger charge is -2.29. The molecular weight excluding hydrogens is 269 g/mol. The minimum atomic E-state index is -0.341. The number of halogens is 1. The largest absolute Gasteiger partial charge is 0.325 e. The highest BCUT2D eigenvalue weighted by atomic mass is 19.1. The third kappa shape index (κ3) is 5.44. The molecule has 0 aromatic heterocycles. The number of hydrogen-bond donors (Lipinski definition) is 2. The van der Waals surface area contributed by atoms with E-state index in [9.17, 15) is 9.18 Å². The maximum Gasteiger partial charge on any atom is 0.238 e. The van der Waals surface area contributed by atoms with Gasteiger partial charge in [-0.3, -0.25) is 9.69 Å². The third-order valence-electron chi connectivity index (χ3n) is 3.81. The number of likely N-dealkylation sites (N-methyl/N-ethyl adjacent to an activating group) is 1. The summed E-state index contributed by atoms with van der Waals surface area (Å²) in [7, 11) is 0. The SMILES string of the molecule is CCN(CC(=O)Nc1cccc(F)c1)CC1CCCCN1. The maximum atomic E-state index is 13.1.